The Kier molecular flexibility index (Phi) is 47.5. The Bertz CT molecular complexity index is 5740. The maximum atomic E-state index is 14.6. The number of nitro groups is 2. The van der Waals surface area contributed by atoms with Gasteiger partial charge in [-0.25, -0.2) is 14.0 Å². The van der Waals surface area contributed by atoms with E-state index in [0.717, 1.165) is 111 Å². The number of aliphatic hydroxyl groups excluding tert-OH is 1. The third-order valence-electron chi connectivity index (χ3n) is 28.4. The maximum absolute atomic E-state index is 14.6. The van der Waals surface area contributed by atoms with Crippen molar-refractivity contribution in [1.82, 2.24) is 58.7 Å². The van der Waals surface area contributed by atoms with Crippen LogP contribution in [0.5, 0.6) is 0 Å². The van der Waals surface area contributed by atoms with Crippen LogP contribution in [0.25, 0.3) is 17.1 Å². The molecule has 6 aromatic carbocycles. The second-order valence-electron chi connectivity index (χ2n) is 42.2. The largest absolute Gasteiger partial charge is 0.415 e. The van der Waals surface area contributed by atoms with Crippen molar-refractivity contribution in [3.05, 3.63) is 257 Å². The number of unbranched alkanes of at least 4 members (excludes halogenated alkanes) is 6. The summed E-state index contributed by atoms with van der Waals surface area (Å²) in [5.41, 5.74) is 18.1. The van der Waals surface area contributed by atoms with Gasteiger partial charge in [0.15, 0.2) is 41.1 Å². The monoisotopic (exact) mass is 2140 g/mol. The molecule has 144 heavy (non-hydrogen) atoms. The molecule has 0 spiro atoms. The number of aliphatic hydroxyl groups is 1. The molecule has 0 radical (unpaired) electrons. The summed E-state index contributed by atoms with van der Waals surface area (Å²) >= 11 is 6.15. The zero-order chi connectivity index (χ0) is 103. The normalized spacial score (nSPS) is 14.5. The fourth-order valence-corrected chi connectivity index (χ4v) is 18.4. The van der Waals surface area contributed by atoms with Gasteiger partial charge in [-0.2, -0.15) is 26.4 Å². The van der Waals surface area contributed by atoms with Gasteiger partial charge in [-0.05, 0) is 202 Å². The molecule has 33 heteroatoms. The summed E-state index contributed by atoms with van der Waals surface area (Å²) in [6, 6.07) is 42.2. The van der Waals surface area contributed by atoms with Crippen molar-refractivity contribution in [3.8, 4) is 17.1 Å². The number of fused-ring (bicyclic) bond motifs is 3. The Morgan fingerprint density at radius 2 is 0.674 bits per heavy atom. The second kappa shape index (κ2) is 55.0. The van der Waals surface area contributed by atoms with E-state index in [1.807, 2.05) is 94.1 Å². The number of rotatable bonds is 36. The van der Waals surface area contributed by atoms with Crippen LogP contribution in [0, 0.1) is 48.4 Å². The van der Waals surface area contributed by atoms with E-state index in [1.165, 1.54) is 46.1 Å². The SMILES string of the molecule is C.C.CC(C)(C)[Si](C)(C)Cl.CCCCN(CCCC)C(=O)c1cc(C)n(-c2ccc(N)cc2C(=O)N2Cc3ccccc3C[C@H]2CO[Si](C)(C)C(C)(C)C)n1.CCCCN(CCCC)C(=O)c1cc(C)n(-c2ccc([N+](=O)[O-])cc2C(=O)N2Cc3ccccc3C[C@H]2CO)n1.CCCCN(CCCC)C(=O)c1cc(C)n(-c2ccc([N+](=O)[O-])cc2C(=O)N2Cc3ccccc3C[C@H]2CO[Si](C)(C)C(C)(C)C)n1.[CH3-].[Pd]. The Morgan fingerprint density at radius 1 is 0.424 bits per heavy atom. The average Bonchev–Trinajstić information content (AvgIpc) is 1.43. The molecule has 3 N–H and O–H groups in total. The van der Waals surface area contributed by atoms with Crippen LogP contribution < -0.4 is 5.73 Å². The number of nitro benzene ring substituents is 2. The number of nitrogens with zero attached hydrogens (tertiary/aromatic N) is 14. The van der Waals surface area contributed by atoms with Crippen LogP contribution in [0.3, 0.4) is 0 Å². The topological polar surface area (TPSA) is 326 Å². The number of carbonyl (C=O) groups is 6. The molecule has 3 aliphatic rings. The number of carbonyl (C=O) groups excluding carboxylic acids is 6. The molecular weight excluding hydrogens is 1980 g/mol. The molecule has 28 nitrogen and oxygen atoms in total. The fourth-order valence-electron chi connectivity index (χ4n) is 16.3. The first-order valence-corrected chi connectivity index (χ1v) is 60.1. The number of halogens is 1. The van der Waals surface area contributed by atoms with Gasteiger partial charge < -0.3 is 56.5 Å². The first-order chi connectivity index (χ1) is 66.0. The number of aromatic nitrogens is 6. The van der Waals surface area contributed by atoms with Gasteiger partial charge >= 0.3 is 0 Å². The molecule has 6 heterocycles. The van der Waals surface area contributed by atoms with Crippen LogP contribution in [0.2, 0.25) is 54.4 Å². The number of nitrogens with two attached hydrogens (primary N) is 1. The summed E-state index contributed by atoms with van der Waals surface area (Å²) in [5, 5.41) is 48.2. The van der Waals surface area contributed by atoms with Crippen molar-refractivity contribution in [2.24, 2.45) is 0 Å². The van der Waals surface area contributed by atoms with Crippen LogP contribution in [-0.4, -0.2) is 210 Å². The summed E-state index contributed by atoms with van der Waals surface area (Å²) in [6.07, 6.45) is 13.2. The minimum atomic E-state index is -2.13. The van der Waals surface area contributed by atoms with Gasteiger partial charge in [-0.15, -0.1) is 0 Å². The van der Waals surface area contributed by atoms with Gasteiger partial charge in [0.2, 0.25) is 0 Å². The number of amides is 6. The number of hydrogen-bond acceptors (Lipinski definition) is 17. The summed E-state index contributed by atoms with van der Waals surface area (Å²) in [6.45, 7) is 57.0. The molecule has 0 aliphatic carbocycles. The maximum Gasteiger partial charge on any atom is 0.274 e. The van der Waals surface area contributed by atoms with Crippen molar-refractivity contribution in [3.63, 3.8) is 0 Å². The summed E-state index contributed by atoms with van der Waals surface area (Å²) in [5.74, 6) is -1.30. The number of nitrogen functional groups attached to an aromatic ring is 1. The zero-order valence-corrected chi connectivity index (χ0v) is 94.4. The van der Waals surface area contributed by atoms with E-state index < -0.39 is 45.8 Å². The molecule has 3 aromatic heterocycles. The van der Waals surface area contributed by atoms with Gasteiger partial charge in [-0.3, -0.25) is 49.0 Å². The predicted molar refractivity (Wildman–Crippen MR) is 588 cm³/mol. The van der Waals surface area contributed by atoms with E-state index in [9.17, 15) is 54.1 Å². The minimum Gasteiger partial charge on any atom is -0.415 e. The molecule has 9 aromatic rings. The van der Waals surface area contributed by atoms with Crippen molar-refractivity contribution < 1.29 is 73.0 Å². The predicted octanol–water partition coefficient (Wildman–Crippen LogP) is 24.8. The average molecular weight is 2150 g/mol. The Balaban J connectivity index is 0.000000361. The van der Waals surface area contributed by atoms with Crippen LogP contribution in [0.1, 0.15) is 309 Å². The van der Waals surface area contributed by atoms with Crippen molar-refractivity contribution >= 4 is 87.6 Å². The number of hydrogen-bond donors (Lipinski definition) is 2. The standard InChI is InChI=1S/C36H51N5O5Si.C36H53N5O3Si.C30H37N5O5.C6H15ClSi.2CH4.CH3.Pd/c1-9-11-19-38(20-12-10-2)35(43)32-21-26(3)40(37-32)33-18-17-29(41(44)45)23-31(33)34(42)39-24-28-16-14-13-15-27(28)22-30(39)25-46-47(7,8)36(4,5)6;1-9-11-19-39(20-12-10-2)35(43)32-21-26(3)41(38-32)33-18-17-29(37)23-31(33)34(42)40-24-28-16-14-13-15-27(28)22-30(40)25-44-45(7,8)36(4,5)6;1-4-6-14-32(15-7-5-2)30(38)27-16-21(3)34(31-27)28-13-12-24(35(39)40)18-26(28)29(37)33-19-23-11-9-8-10-22(23)17-25(33)20-36;1-6(2,3)8(4,5)7;;;;/h13-18,21,23,30H,9-12,19-20,22,24-25H2,1-8H3;13-18,21,23,30H,9-12,19-20,22,24-25,37H2,1-8H3;8-13,16,18,25,36H,4-7,14-15,17,19-20H2,1-3H3;1-5H3;2*1H4;1H3;/q;;;;;;-1;/t2*30-;25-;;;;;/m000...../s1. The van der Waals surface area contributed by atoms with Crippen LogP contribution in [0.15, 0.2) is 146 Å². The molecule has 0 saturated carbocycles. The molecule has 794 valence electrons. The molecule has 0 saturated heterocycles. The van der Waals surface area contributed by atoms with Gasteiger partial charge in [-0.1, -0.05) is 243 Å². The molecule has 0 bridgehead atoms. The molecule has 6 amide bonds. The van der Waals surface area contributed by atoms with E-state index >= 15 is 0 Å². The Labute approximate surface area is 880 Å². The molecule has 3 atom stereocenters. The number of non-ortho nitro benzene ring substituents is 2. The van der Waals surface area contributed by atoms with Crippen LogP contribution in [0.4, 0.5) is 17.1 Å². The van der Waals surface area contributed by atoms with Crippen molar-refractivity contribution in [2.75, 3.05) is 64.8 Å². The second-order valence-corrected chi connectivity index (χ2v) is 59.1. The van der Waals surface area contributed by atoms with Gasteiger partial charge in [0.05, 0.1) is 81.5 Å². The van der Waals surface area contributed by atoms with E-state index in [1.54, 1.807) is 56.4 Å². The van der Waals surface area contributed by atoms with E-state index in [4.69, 9.17) is 35.9 Å². The van der Waals surface area contributed by atoms with E-state index in [-0.39, 0.29) is 136 Å². The number of aryl methyl sites for hydroxylation is 3. The van der Waals surface area contributed by atoms with Crippen molar-refractivity contribution in [2.45, 2.75) is 328 Å². The Morgan fingerprint density at radius 3 is 0.924 bits per heavy atom. The first-order valence-electron chi connectivity index (χ1n) is 50.2. The van der Waals surface area contributed by atoms with E-state index in [0.29, 0.717) is 135 Å². The van der Waals surface area contributed by atoms with Crippen molar-refractivity contribution in [1.29, 1.82) is 0 Å². The quantitative estimate of drug-likeness (QED) is 0.00920. The summed E-state index contributed by atoms with van der Waals surface area (Å²) in [4.78, 5) is 117. The van der Waals surface area contributed by atoms with Gasteiger partial charge in [0.1, 0.15) is 0 Å². The molecule has 3 aliphatic heterocycles. The third kappa shape index (κ3) is 31.7. The minimum absolute atomic E-state index is 0. The van der Waals surface area contributed by atoms with Crippen LogP contribution in [-0.2, 0) is 68.2 Å². The van der Waals surface area contributed by atoms with Crippen LogP contribution >= 0.6 is 11.1 Å². The summed E-state index contributed by atoms with van der Waals surface area (Å²) in [7, 11) is -5.56. The number of anilines is 1. The Hall–Kier alpha value is -10.1. The molecular formula is C111H167ClN15O13PdSi3-. The summed E-state index contributed by atoms with van der Waals surface area (Å²) < 4.78 is 18.1. The molecule has 0 fully saturated rings. The zero-order valence-electron chi connectivity index (χ0n) is 89.1. The third-order valence-corrected chi connectivity index (χ3v) is 42.6. The van der Waals surface area contributed by atoms with Gasteiger partial charge in [0, 0.05) is 126 Å². The molecule has 0 unspecified atom stereocenters. The fraction of sp³-hybridized carbons (Fsp3) is 0.532. The smallest absolute Gasteiger partial charge is 0.274 e. The van der Waals surface area contributed by atoms with E-state index in [2.05, 4.69) is 173 Å². The molecule has 12 rings (SSSR count). The van der Waals surface area contributed by atoms with Gasteiger partial charge in [0.25, 0.3) is 46.8 Å². The first kappa shape index (κ1) is 124. The number of benzene rings is 6.